The summed E-state index contributed by atoms with van der Waals surface area (Å²) in [6.45, 7) is 1.61. The molecule has 0 aromatic heterocycles. The van der Waals surface area contributed by atoms with Crippen molar-refractivity contribution in [1.29, 1.82) is 0 Å². The molecule has 0 aliphatic heterocycles. The summed E-state index contributed by atoms with van der Waals surface area (Å²) in [5, 5.41) is 0.356. The van der Waals surface area contributed by atoms with Gasteiger partial charge in [-0.2, -0.15) is 0 Å². The van der Waals surface area contributed by atoms with E-state index in [1.54, 1.807) is 19.1 Å². The molecule has 0 amide bonds. The van der Waals surface area contributed by atoms with E-state index in [0.29, 0.717) is 10.6 Å². The van der Waals surface area contributed by atoms with E-state index < -0.39 is 32.2 Å². The van der Waals surface area contributed by atoms with E-state index in [1.165, 1.54) is 6.07 Å². The van der Waals surface area contributed by atoms with Gasteiger partial charge in [0.05, 0.1) is 5.69 Å². The zero-order valence-electron chi connectivity index (χ0n) is 10.8. The van der Waals surface area contributed by atoms with Crippen molar-refractivity contribution in [3.8, 4) is 0 Å². The SMILES string of the molecule is Cc1c(Cl)cccc1NS(=O)(=O)c1ccc(F)c(N)c1F. The van der Waals surface area contributed by atoms with Gasteiger partial charge >= 0.3 is 0 Å². The molecule has 2 aromatic carbocycles. The molecule has 3 N–H and O–H groups in total. The fourth-order valence-corrected chi connectivity index (χ4v) is 3.06. The van der Waals surface area contributed by atoms with E-state index in [0.717, 1.165) is 12.1 Å². The van der Waals surface area contributed by atoms with E-state index in [9.17, 15) is 17.2 Å². The molecule has 0 unspecified atom stereocenters. The summed E-state index contributed by atoms with van der Waals surface area (Å²) < 4.78 is 53.5. The minimum Gasteiger partial charge on any atom is -0.394 e. The molecule has 8 heteroatoms. The second-order valence-corrected chi connectivity index (χ2v) is 6.35. The Hall–Kier alpha value is -1.86. The summed E-state index contributed by atoms with van der Waals surface area (Å²) in [5.41, 5.74) is 5.00. The topological polar surface area (TPSA) is 72.2 Å². The molecule has 0 saturated heterocycles. The average molecular weight is 333 g/mol. The third kappa shape index (κ3) is 2.93. The molecule has 0 spiro atoms. The Labute approximate surface area is 125 Å². The van der Waals surface area contributed by atoms with Gasteiger partial charge in [0.25, 0.3) is 10.0 Å². The second kappa shape index (κ2) is 5.50. The van der Waals surface area contributed by atoms with Crippen molar-refractivity contribution in [3.63, 3.8) is 0 Å². The third-order valence-corrected chi connectivity index (χ3v) is 4.69. The summed E-state index contributed by atoms with van der Waals surface area (Å²) in [5.74, 6) is -2.35. The number of anilines is 2. The van der Waals surface area contributed by atoms with Crippen LogP contribution in [0, 0.1) is 18.6 Å². The Bertz CT molecular complexity index is 810. The van der Waals surface area contributed by atoms with E-state index in [4.69, 9.17) is 17.3 Å². The van der Waals surface area contributed by atoms with Crippen molar-refractivity contribution < 1.29 is 17.2 Å². The first-order chi connectivity index (χ1) is 9.74. The van der Waals surface area contributed by atoms with E-state index in [1.807, 2.05) is 0 Å². The van der Waals surface area contributed by atoms with Crippen molar-refractivity contribution in [1.82, 2.24) is 0 Å². The highest BCUT2D eigenvalue weighted by atomic mass is 35.5. The molecule has 21 heavy (non-hydrogen) atoms. The Balaban J connectivity index is 2.49. The van der Waals surface area contributed by atoms with Crippen LogP contribution in [0.1, 0.15) is 5.56 Å². The highest BCUT2D eigenvalue weighted by Gasteiger charge is 2.23. The molecular weight excluding hydrogens is 322 g/mol. The summed E-state index contributed by atoms with van der Waals surface area (Å²) in [4.78, 5) is -0.735. The fourth-order valence-electron chi connectivity index (χ4n) is 1.67. The van der Waals surface area contributed by atoms with Gasteiger partial charge < -0.3 is 5.73 Å². The lowest BCUT2D eigenvalue weighted by Crippen LogP contribution is -2.16. The zero-order valence-corrected chi connectivity index (χ0v) is 12.4. The molecular formula is C13H11ClF2N2O2S. The largest absolute Gasteiger partial charge is 0.394 e. The van der Waals surface area contributed by atoms with Crippen LogP contribution >= 0.6 is 11.6 Å². The molecule has 0 atom stereocenters. The number of nitrogen functional groups attached to an aromatic ring is 1. The summed E-state index contributed by atoms with van der Waals surface area (Å²) in [6.07, 6.45) is 0. The maximum Gasteiger partial charge on any atom is 0.264 e. The van der Waals surface area contributed by atoms with Gasteiger partial charge in [0.1, 0.15) is 16.4 Å². The number of hydrogen-bond acceptors (Lipinski definition) is 3. The maximum absolute atomic E-state index is 13.8. The van der Waals surface area contributed by atoms with Crippen molar-refractivity contribution in [3.05, 3.63) is 52.6 Å². The highest BCUT2D eigenvalue weighted by molar-refractivity contribution is 7.92. The van der Waals surface area contributed by atoms with Crippen LogP contribution in [0.25, 0.3) is 0 Å². The van der Waals surface area contributed by atoms with E-state index >= 15 is 0 Å². The van der Waals surface area contributed by atoms with Gasteiger partial charge in [-0.05, 0) is 36.8 Å². The first kappa shape index (κ1) is 15.5. The lowest BCUT2D eigenvalue weighted by atomic mass is 10.2. The van der Waals surface area contributed by atoms with Crippen LogP contribution in [0.2, 0.25) is 5.02 Å². The summed E-state index contributed by atoms with van der Waals surface area (Å²) in [6, 6.07) is 6.21. The van der Waals surface area contributed by atoms with E-state index in [2.05, 4.69) is 4.72 Å². The maximum atomic E-state index is 13.8. The molecule has 112 valence electrons. The van der Waals surface area contributed by atoms with Crippen LogP contribution in [-0.4, -0.2) is 8.42 Å². The first-order valence-corrected chi connectivity index (χ1v) is 7.61. The molecule has 0 heterocycles. The predicted octanol–water partition coefficient (Wildman–Crippen LogP) is 3.31. The molecule has 0 aliphatic carbocycles. The van der Waals surface area contributed by atoms with Gasteiger partial charge in [-0.3, -0.25) is 4.72 Å². The molecule has 2 aromatic rings. The Morgan fingerprint density at radius 3 is 2.52 bits per heavy atom. The number of halogens is 3. The van der Waals surface area contributed by atoms with Gasteiger partial charge in [0, 0.05) is 5.02 Å². The van der Waals surface area contributed by atoms with Crippen molar-refractivity contribution in [2.45, 2.75) is 11.8 Å². The molecule has 0 bridgehead atoms. The van der Waals surface area contributed by atoms with Crippen molar-refractivity contribution in [2.24, 2.45) is 0 Å². The lowest BCUT2D eigenvalue weighted by Gasteiger charge is -2.12. The van der Waals surface area contributed by atoms with Gasteiger partial charge in [0.2, 0.25) is 0 Å². The third-order valence-electron chi connectivity index (χ3n) is 2.89. The van der Waals surface area contributed by atoms with Crippen molar-refractivity contribution >= 4 is 33.0 Å². The van der Waals surface area contributed by atoms with Crippen LogP contribution < -0.4 is 10.5 Å². The number of benzene rings is 2. The normalized spacial score (nSPS) is 11.4. The van der Waals surface area contributed by atoms with Crippen LogP contribution in [0.3, 0.4) is 0 Å². The Morgan fingerprint density at radius 1 is 1.19 bits per heavy atom. The van der Waals surface area contributed by atoms with Crippen LogP contribution in [0.15, 0.2) is 35.2 Å². The highest BCUT2D eigenvalue weighted by Crippen LogP contribution is 2.28. The number of sulfonamides is 1. The monoisotopic (exact) mass is 332 g/mol. The van der Waals surface area contributed by atoms with Crippen molar-refractivity contribution in [2.75, 3.05) is 10.5 Å². The number of nitrogens with one attached hydrogen (secondary N) is 1. The Kier molecular flexibility index (Phi) is 4.06. The van der Waals surface area contributed by atoms with Crippen LogP contribution in [0.5, 0.6) is 0 Å². The minimum atomic E-state index is -4.25. The van der Waals surface area contributed by atoms with E-state index in [-0.39, 0.29) is 5.69 Å². The smallest absolute Gasteiger partial charge is 0.264 e. The number of hydrogen-bond donors (Lipinski definition) is 2. The average Bonchev–Trinajstić information content (AvgIpc) is 2.41. The molecule has 0 fully saturated rings. The van der Waals surface area contributed by atoms with Gasteiger partial charge in [-0.15, -0.1) is 0 Å². The standard InChI is InChI=1S/C13H11ClF2N2O2S/c1-7-8(14)3-2-4-10(7)18-21(19,20)11-6-5-9(15)13(17)12(11)16/h2-6,18H,17H2,1H3. The van der Waals surface area contributed by atoms with Crippen LogP contribution in [-0.2, 0) is 10.0 Å². The molecule has 0 aliphatic rings. The van der Waals surface area contributed by atoms with Gasteiger partial charge in [0.15, 0.2) is 5.82 Å². The van der Waals surface area contributed by atoms with Gasteiger partial charge in [-0.25, -0.2) is 17.2 Å². The fraction of sp³-hybridized carbons (Fsp3) is 0.0769. The first-order valence-electron chi connectivity index (χ1n) is 5.75. The lowest BCUT2D eigenvalue weighted by molar-refractivity contribution is 0.557. The molecule has 0 saturated carbocycles. The van der Waals surface area contributed by atoms with Crippen LogP contribution in [0.4, 0.5) is 20.2 Å². The number of nitrogens with two attached hydrogens (primary N) is 1. The minimum absolute atomic E-state index is 0.199. The van der Waals surface area contributed by atoms with Gasteiger partial charge in [-0.1, -0.05) is 17.7 Å². The number of rotatable bonds is 3. The summed E-state index contributed by atoms with van der Waals surface area (Å²) in [7, 11) is -4.25. The molecule has 0 radical (unpaired) electrons. The molecule has 4 nitrogen and oxygen atoms in total. The Morgan fingerprint density at radius 2 is 1.86 bits per heavy atom. The quantitative estimate of drug-likeness (QED) is 0.847. The zero-order chi connectivity index (χ0) is 15.8. The second-order valence-electron chi connectivity index (χ2n) is 4.29. The summed E-state index contributed by atoms with van der Waals surface area (Å²) >= 11 is 5.89. The predicted molar refractivity (Wildman–Crippen MR) is 77.8 cm³/mol. The molecule has 2 rings (SSSR count).